The molecule has 0 aliphatic heterocycles. The van der Waals surface area contributed by atoms with Gasteiger partial charge in [0.25, 0.3) is 11.5 Å². The topological polar surface area (TPSA) is 112 Å². The molecule has 4 rings (SSSR count). The summed E-state index contributed by atoms with van der Waals surface area (Å²) in [6.45, 7) is 3.83. The van der Waals surface area contributed by atoms with Crippen LogP contribution in [-0.2, 0) is 11.3 Å². The zero-order valence-corrected chi connectivity index (χ0v) is 19.6. The number of benzene rings is 2. The van der Waals surface area contributed by atoms with Gasteiger partial charge in [-0.15, -0.1) is 0 Å². The van der Waals surface area contributed by atoms with E-state index >= 15 is 0 Å². The van der Waals surface area contributed by atoms with Crippen LogP contribution in [0.3, 0.4) is 0 Å². The van der Waals surface area contributed by atoms with Gasteiger partial charge in [0, 0.05) is 23.2 Å². The van der Waals surface area contributed by atoms with Crippen LogP contribution in [-0.4, -0.2) is 33.6 Å². The fraction of sp³-hybridized carbons (Fsp3) is 0.208. The molecular weight excluding hydrogens is 456 g/mol. The summed E-state index contributed by atoms with van der Waals surface area (Å²) < 4.78 is 11.7. The predicted molar refractivity (Wildman–Crippen MR) is 128 cm³/mol. The molecule has 2 aromatic heterocycles. The van der Waals surface area contributed by atoms with Crippen LogP contribution in [0.2, 0.25) is 0 Å². The molecule has 1 N–H and O–H groups in total. The van der Waals surface area contributed by atoms with Crippen molar-refractivity contribution >= 4 is 33.9 Å². The Balaban J connectivity index is 1.39. The molecule has 4 aromatic rings. The maximum atomic E-state index is 12.4. The molecule has 0 spiro atoms. The van der Waals surface area contributed by atoms with Crippen molar-refractivity contribution in [2.75, 3.05) is 12.4 Å². The molecule has 2 aromatic carbocycles. The molecule has 34 heavy (non-hydrogen) atoms. The molecule has 1 amide bonds. The van der Waals surface area contributed by atoms with E-state index in [0.29, 0.717) is 33.2 Å². The first-order chi connectivity index (χ1) is 16.3. The summed E-state index contributed by atoms with van der Waals surface area (Å²) in [6, 6.07) is 14.4. The third-order valence-electron chi connectivity index (χ3n) is 4.87. The van der Waals surface area contributed by atoms with Crippen molar-refractivity contribution < 1.29 is 19.1 Å². The number of ether oxygens (including phenoxy) is 2. The van der Waals surface area contributed by atoms with Crippen LogP contribution >= 0.6 is 11.3 Å². The van der Waals surface area contributed by atoms with Crippen molar-refractivity contribution in [3.63, 3.8) is 0 Å². The van der Waals surface area contributed by atoms with Crippen LogP contribution in [0.1, 0.15) is 51.2 Å². The van der Waals surface area contributed by atoms with E-state index in [1.54, 1.807) is 48.5 Å². The molecule has 9 nitrogen and oxygen atoms in total. The van der Waals surface area contributed by atoms with E-state index in [1.807, 2.05) is 13.8 Å². The summed E-state index contributed by atoms with van der Waals surface area (Å²) in [4.78, 5) is 42.0. The minimum absolute atomic E-state index is 0.145. The Bertz CT molecular complexity index is 1410. The largest absolute Gasteiger partial charge is 0.497 e. The Labute approximate surface area is 199 Å². The van der Waals surface area contributed by atoms with E-state index in [1.165, 1.54) is 29.0 Å². The molecule has 2 heterocycles. The van der Waals surface area contributed by atoms with Gasteiger partial charge in [-0.3, -0.25) is 9.59 Å². The van der Waals surface area contributed by atoms with Gasteiger partial charge in [-0.1, -0.05) is 31.3 Å². The first kappa shape index (κ1) is 23.1. The number of methoxy groups -OCH3 is 1. The summed E-state index contributed by atoms with van der Waals surface area (Å²) in [6.07, 6.45) is 0. The summed E-state index contributed by atoms with van der Waals surface area (Å²) in [5.41, 5.74) is 1.30. The van der Waals surface area contributed by atoms with Crippen molar-refractivity contribution in [1.82, 2.24) is 14.6 Å². The minimum atomic E-state index is -0.570. The van der Waals surface area contributed by atoms with Gasteiger partial charge in [0.1, 0.15) is 17.4 Å². The summed E-state index contributed by atoms with van der Waals surface area (Å²) in [5.74, 6) is -0.112. The average molecular weight is 479 g/mol. The van der Waals surface area contributed by atoms with E-state index in [0.717, 1.165) is 5.01 Å². The minimum Gasteiger partial charge on any atom is -0.497 e. The quantitative estimate of drug-likeness (QED) is 0.401. The van der Waals surface area contributed by atoms with Gasteiger partial charge in [0.2, 0.25) is 4.96 Å². The molecule has 0 atom stereocenters. The third kappa shape index (κ3) is 5.12. The summed E-state index contributed by atoms with van der Waals surface area (Å²) in [5, 5.41) is 7.84. The maximum absolute atomic E-state index is 12.4. The lowest BCUT2D eigenvalue weighted by Gasteiger charge is -2.08. The molecule has 0 fully saturated rings. The first-order valence-electron chi connectivity index (χ1n) is 10.5. The van der Waals surface area contributed by atoms with Gasteiger partial charge in [0.15, 0.2) is 0 Å². The number of fused-ring (bicyclic) bond motifs is 1. The van der Waals surface area contributed by atoms with Gasteiger partial charge in [0.05, 0.1) is 18.4 Å². The lowest BCUT2D eigenvalue weighted by Crippen LogP contribution is -2.17. The number of rotatable bonds is 7. The predicted octanol–water partition coefficient (Wildman–Crippen LogP) is 3.89. The molecule has 0 saturated carbocycles. The smallest absolute Gasteiger partial charge is 0.338 e. The van der Waals surface area contributed by atoms with Crippen LogP contribution < -0.4 is 15.6 Å². The number of carbonyl (C=O) groups excluding carboxylic acids is 2. The Morgan fingerprint density at radius 3 is 2.56 bits per heavy atom. The molecule has 0 radical (unpaired) electrons. The second kappa shape index (κ2) is 9.84. The maximum Gasteiger partial charge on any atom is 0.338 e. The molecular formula is C24H22N4O5S. The Kier molecular flexibility index (Phi) is 6.69. The van der Waals surface area contributed by atoms with Crippen molar-refractivity contribution in [1.29, 1.82) is 0 Å². The number of aromatic nitrogens is 3. The first-order valence-corrected chi connectivity index (χ1v) is 11.3. The van der Waals surface area contributed by atoms with Crippen LogP contribution in [0.25, 0.3) is 4.96 Å². The molecule has 10 heteroatoms. The van der Waals surface area contributed by atoms with E-state index in [9.17, 15) is 14.4 Å². The fourth-order valence-corrected chi connectivity index (χ4v) is 3.98. The number of esters is 1. The molecule has 0 bridgehead atoms. The number of nitrogens with zero attached hydrogens (tertiary/aromatic N) is 3. The zero-order chi connectivity index (χ0) is 24.2. The number of carbonyl (C=O) groups is 2. The number of hydrogen-bond donors (Lipinski definition) is 1. The Morgan fingerprint density at radius 2 is 1.85 bits per heavy atom. The second-order valence-electron chi connectivity index (χ2n) is 7.71. The van der Waals surface area contributed by atoms with Crippen LogP contribution in [0.15, 0.2) is 59.4 Å². The highest BCUT2D eigenvalue weighted by molar-refractivity contribution is 7.16. The second-order valence-corrected chi connectivity index (χ2v) is 8.70. The van der Waals surface area contributed by atoms with Crippen molar-refractivity contribution in [2.24, 2.45) is 0 Å². The standard InChI is InChI=1S/C24H22N4O5S/c1-14(2)22-27-28-20(29)12-18(26-24(28)34-22)13-33-23(31)15-7-9-17(10-8-15)25-21(30)16-5-4-6-19(11-16)32-3/h4-12,14H,13H2,1-3H3,(H,25,30). The number of anilines is 1. The normalized spacial score (nSPS) is 10.9. The van der Waals surface area contributed by atoms with Gasteiger partial charge in [-0.2, -0.15) is 9.61 Å². The van der Waals surface area contributed by atoms with E-state index in [2.05, 4.69) is 15.4 Å². The van der Waals surface area contributed by atoms with Crippen molar-refractivity contribution in [3.8, 4) is 5.75 Å². The van der Waals surface area contributed by atoms with Gasteiger partial charge in [-0.25, -0.2) is 9.78 Å². The summed E-state index contributed by atoms with van der Waals surface area (Å²) in [7, 11) is 1.53. The Hall–Kier alpha value is -4.05. The van der Waals surface area contributed by atoms with Crippen LogP contribution in [0, 0.1) is 0 Å². The monoisotopic (exact) mass is 478 g/mol. The van der Waals surface area contributed by atoms with Gasteiger partial charge in [-0.05, 0) is 42.5 Å². The number of hydrogen-bond acceptors (Lipinski definition) is 8. The highest BCUT2D eigenvalue weighted by Gasteiger charge is 2.14. The SMILES string of the molecule is COc1cccc(C(=O)Nc2ccc(C(=O)OCc3cc(=O)n4nc(C(C)C)sc4n3)cc2)c1. The average Bonchev–Trinajstić information content (AvgIpc) is 3.28. The van der Waals surface area contributed by atoms with E-state index in [-0.39, 0.29) is 24.0 Å². The molecule has 0 aliphatic carbocycles. The third-order valence-corrected chi connectivity index (χ3v) is 6.08. The van der Waals surface area contributed by atoms with Gasteiger partial charge >= 0.3 is 5.97 Å². The lowest BCUT2D eigenvalue weighted by molar-refractivity contribution is 0.0467. The highest BCUT2D eigenvalue weighted by atomic mass is 32.1. The molecule has 0 saturated heterocycles. The van der Waals surface area contributed by atoms with Crippen LogP contribution in [0.4, 0.5) is 5.69 Å². The molecule has 0 aliphatic rings. The van der Waals surface area contributed by atoms with Crippen molar-refractivity contribution in [3.05, 3.63) is 86.8 Å². The van der Waals surface area contributed by atoms with E-state index in [4.69, 9.17) is 9.47 Å². The van der Waals surface area contributed by atoms with Gasteiger partial charge < -0.3 is 14.8 Å². The van der Waals surface area contributed by atoms with Crippen molar-refractivity contribution in [2.45, 2.75) is 26.4 Å². The van der Waals surface area contributed by atoms with E-state index < -0.39 is 5.97 Å². The number of amides is 1. The molecule has 174 valence electrons. The van der Waals surface area contributed by atoms with Crippen LogP contribution in [0.5, 0.6) is 5.75 Å². The molecule has 0 unspecified atom stereocenters. The zero-order valence-electron chi connectivity index (χ0n) is 18.8. The Morgan fingerprint density at radius 1 is 1.09 bits per heavy atom. The summed E-state index contributed by atoms with van der Waals surface area (Å²) >= 11 is 1.33. The number of nitrogens with one attached hydrogen (secondary N) is 1. The lowest BCUT2D eigenvalue weighted by atomic mass is 10.1. The highest BCUT2D eigenvalue weighted by Crippen LogP contribution is 2.20. The fourth-order valence-electron chi connectivity index (χ4n) is 3.06.